The average Bonchev–Trinajstić information content (AvgIpc) is 2.62. The van der Waals surface area contributed by atoms with Crippen LogP contribution in [0.2, 0.25) is 0 Å². The van der Waals surface area contributed by atoms with Crippen LogP contribution in [0.4, 0.5) is 5.69 Å². The summed E-state index contributed by atoms with van der Waals surface area (Å²) >= 11 is 5.15. The maximum atomic E-state index is 12.0. The third-order valence-electron chi connectivity index (χ3n) is 4.09. The van der Waals surface area contributed by atoms with E-state index in [4.69, 9.17) is 17.0 Å². The molecule has 138 valence electrons. The number of thiocarbonyl (C=S) groups is 1. The summed E-state index contributed by atoms with van der Waals surface area (Å²) in [5, 5.41) is 15.5. The Morgan fingerprint density at radius 3 is 2.58 bits per heavy atom. The van der Waals surface area contributed by atoms with Crippen LogP contribution in [-0.2, 0) is 4.79 Å². The minimum Gasteiger partial charge on any atom is -0.506 e. The molecule has 0 aliphatic carbocycles. The summed E-state index contributed by atoms with van der Waals surface area (Å²) < 4.78 is 5.41. The molecule has 1 atom stereocenters. The molecule has 26 heavy (non-hydrogen) atoms. The number of phenolic OH excluding ortho intramolecular Hbond substituents is 1. The molecule has 3 N–H and O–H groups in total. The number of hydrogen-bond donors (Lipinski definition) is 3. The van der Waals surface area contributed by atoms with Gasteiger partial charge < -0.3 is 15.2 Å². The molecule has 0 heterocycles. The van der Waals surface area contributed by atoms with Crippen molar-refractivity contribution in [3.05, 3.63) is 53.6 Å². The van der Waals surface area contributed by atoms with E-state index in [2.05, 4.69) is 24.5 Å². The van der Waals surface area contributed by atoms with Crippen LogP contribution in [0.3, 0.4) is 0 Å². The van der Waals surface area contributed by atoms with Crippen molar-refractivity contribution in [3.63, 3.8) is 0 Å². The molecule has 0 aliphatic heterocycles. The van der Waals surface area contributed by atoms with Crippen molar-refractivity contribution in [2.24, 2.45) is 0 Å². The number of phenols is 1. The Labute approximate surface area is 159 Å². The van der Waals surface area contributed by atoms with Gasteiger partial charge in [0.15, 0.2) is 11.7 Å². The Balaban J connectivity index is 1.89. The fourth-order valence-corrected chi connectivity index (χ4v) is 2.52. The first-order valence-corrected chi connectivity index (χ1v) is 8.93. The maximum Gasteiger partial charge on any atom is 0.264 e. The van der Waals surface area contributed by atoms with Gasteiger partial charge in [-0.15, -0.1) is 0 Å². The number of carbonyl (C=O) groups is 1. The van der Waals surface area contributed by atoms with Crippen LogP contribution in [0, 0.1) is 6.92 Å². The molecule has 0 aliphatic rings. The maximum absolute atomic E-state index is 12.0. The Hall–Kier alpha value is -2.60. The first kappa shape index (κ1) is 19.7. The molecule has 0 unspecified atom stereocenters. The largest absolute Gasteiger partial charge is 0.506 e. The number of carbonyl (C=O) groups excluding carboxylic acids is 1. The van der Waals surface area contributed by atoms with E-state index in [9.17, 15) is 9.90 Å². The van der Waals surface area contributed by atoms with Gasteiger partial charge in [-0.25, -0.2) is 0 Å². The highest BCUT2D eigenvalue weighted by atomic mass is 32.1. The lowest BCUT2D eigenvalue weighted by molar-refractivity contribution is -0.121. The highest BCUT2D eigenvalue weighted by Gasteiger charge is 2.11. The predicted octanol–water partition coefficient (Wildman–Crippen LogP) is 4.11. The zero-order valence-electron chi connectivity index (χ0n) is 15.2. The molecular formula is C20H24N2O3S. The second-order valence-electron chi connectivity index (χ2n) is 6.19. The van der Waals surface area contributed by atoms with E-state index in [1.807, 2.05) is 31.2 Å². The van der Waals surface area contributed by atoms with Crippen LogP contribution in [0.5, 0.6) is 11.5 Å². The Bertz CT molecular complexity index is 775. The van der Waals surface area contributed by atoms with Crippen molar-refractivity contribution in [2.75, 3.05) is 11.9 Å². The van der Waals surface area contributed by atoms with Crippen LogP contribution in [0.15, 0.2) is 42.5 Å². The molecule has 0 fully saturated rings. The number of aryl methyl sites for hydroxylation is 1. The van der Waals surface area contributed by atoms with Crippen LogP contribution in [-0.4, -0.2) is 22.7 Å². The fourth-order valence-electron chi connectivity index (χ4n) is 2.30. The minimum absolute atomic E-state index is 0.0737. The van der Waals surface area contributed by atoms with Gasteiger partial charge in [-0.05, 0) is 61.3 Å². The molecule has 2 aromatic carbocycles. The van der Waals surface area contributed by atoms with Gasteiger partial charge in [0.05, 0.1) is 5.69 Å². The number of rotatable bonds is 6. The Morgan fingerprint density at radius 2 is 1.92 bits per heavy atom. The first-order valence-electron chi connectivity index (χ1n) is 8.52. The number of nitrogens with one attached hydrogen (secondary N) is 2. The summed E-state index contributed by atoms with van der Waals surface area (Å²) in [5.41, 5.74) is 2.67. The standard InChI is InChI=1S/C20H24N2O3S/c1-4-14(3)15-7-10-18(23)17(11-15)21-20(26)22-19(24)12-25-16-8-5-13(2)6-9-16/h5-11,14,23H,4,12H2,1-3H3,(H2,21,22,24,26)/t14-/m0/s1. The second-order valence-corrected chi connectivity index (χ2v) is 6.60. The zero-order valence-corrected chi connectivity index (χ0v) is 16.0. The van der Waals surface area contributed by atoms with Gasteiger partial charge in [0.25, 0.3) is 5.91 Å². The molecule has 0 saturated carbocycles. The topological polar surface area (TPSA) is 70.6 Å². The van der Waals surface area contributed by atoms with Gasteiger partial charge in [-0.3, -0.25) is 10.1 Å². The summed E-state index contributed by atoms with van der Waals surface area (Å²) in [5.74, 6) is 0.677. The quantitative estimate of drug-likeness (QED) is 0.526. The summed E-state index contributed by atoms with van der Waals surface area (Å²) in [6.45, 7) is 6.04. The van der Waals surface area contributed by atoms with Gasteiger partial charge in [-0.1, -0.05) is 37.6 Å². The molecule has 0 radical (unpaired) electrons. The number of hydrogen-bond acceptors (Lipinski definition) is 4. The lowest BCUT2D eigenvalue weighted by Gasteiger charge is -2.15. The smallest absolute Gasteiger partial charge is 0.264 e. The van der Waals surface area contributed by atoms with Crippen molar-refractivity contribution in [1.82, 2.24) is 5.32 Å². The number of aromatic hydroxyl groups is 1. The first-order chi connectivity index (χ1) is 12.4. The molecule has 0 aromatic heterocycles. The predicted molar refractivity (Wildman–Crippen MR) is 108 cm³/mol. The summed E-state index contributed by atoms with van der Waals surface area (Å²) in [4.78, 5) is 12.0. The van der Waals surface area contributed by atoms with Gasteiger partial charge in [0.2, 0.25) is 0 Å². The van der Waals surface area contributed by atoms with Crippen LogP contribution >= 0.6 is 12.2 Å². The van der Waals surface area contributed by atoms with Crippen LogP contribution in [0.1, 0.15) is 37.3 Å². The molecule has 5 nitrogen and oxygen atoms in total. The fraction of sp³-hybridized carbons (Fsp3) is 0.300. The third-order valence-corrected chi connectivity index (χ3v) is 4.30. The van der Waals surface area contributed by atoms with Gasteiger partial charge >= 0.3 is 0 Å². The highest BCUT2D eigenvalue weighted by molar-refractivity contribution is 7.80. The molecule has 2 rings (SSSR count). The van der Waals surface area contributed by atoms with Crippen molar-refractivity contribution in [2.45, 2.75) is 33.1 Å². The van der Waals surface area contributed by atoms with Crippen molar-refractivity contribution in [1.29, 1.82) is 0 Å². The van der Waals surface area contributed by atoms with E-state index in [0.717, 1.165) is 17.5 Å². The molecule has 0 spiro atoms. The lowest BCUT2D eigenvalue weighted by atomic mass is 9.98. The van der Waals surface area contributed by atoms with E-state index < -0.39 is 0 Å². The van der Waals surface area contributed by atoms with Crippen molar-refractivity contribution >= 4 is 28.9 Å². The molecule has 0 bridgehead atoms. The van der Waals surface area contributed by atoms with Crippen molar-refractivity contribution < 1.29 is 14.6 Å². The summed E-state index contributed by atoms with van der Waals surface area (Å²) in [7, 11) is 0. The monoisotopic (exact) mass is 372 g/mol. The number of ether oxygens (including phenoxy) is 1. The highest BCUT2D eigenvalue weighted by Crippen LogP contribution is 2.28. The number of amides is 1. The van der Waals surface area contributed by atoms with E-state index in [-0.39, 0.29) is 23.4 Å². The normalized spacial score (nSPS) is 11.5. The van der Waals surface area contributed by atoms with Crippen molar-refractivity contribution in [3.8, 4) is 11.5 Å². The van der Waals surface area contributed by atoms with E-state index in [0.29, 0.717) is 17.4 Å². The summed E-state index contributed by atoms with van der Waals surface area (Å²) in [6.07, 6.45) is 0.988. The average molecular weight is 372 g/mol. The number of benzene rings is 2. The molecular weight excluding hydrogens is 348 g/mol. The van der Waals surface area contributed by atoms with E-state index in [1.54, 1.807) is 18.2 Å². The molecule has 1 amide bonds. The Morgan fingerprint density at radius 1 is 1.23 bits per heavy atom. The van der Waals surface area contributed by atoms with E-state index >= 15 is 0 Å². The third kappa shape index (κ3) is 5.74. The number of anilines is 1. The van der Waals surface area contributed by atoms with Crippen LogP contribution in [0.25, 0.3) is 0 Å². The molecule has 2 aromatic rings. The lowest BCUT2D eigenvalue weighted by Crippen LogP contribution is -2.37. The van der Waals surface area contributed by atoms with Gasteiger partial charge in [0.1, 0.15) is 11.5 Å². The molecule has 6 heteroatoms. The zero-order chi connectivity index (χ0) is 19.1. The Kier molecular flexibility index (Phi) is 6.97. The van der Waals surface area contributed by atoms with E-state index in [1.165, 1.54) is 0 Å². The minimum atomic E-state index is -0.374. The summed E-state index contributed by atoms with van der Waals surface area (Å²) in [6, 6.07) is 12.8. The SMILES string of the molecule is CC[C@H](C)c1ccc(O)c(NC(=S)NC(=O)COc2ccc(C)cc2)c1. The van der Waals surface area contributed by atoms with Crippen LogP contribution < -0.4 is 15.4 Å². The van der Waals surface area contributed by atoms with Gasteiger partial charge in [0, 0.05) is 0 Å². The molecule has 0 saturated heterocycles. The second kappa shape index (κ2) is 9.20. The van der Waals surface area contributed by atoms with Gasteiger partial charge in [-0.2, -0.15) is 0 Å².